The van der Waals surface area contributed by atoms with Gasteiger partial charge >= 0.3 is 5.97 Å². The maximum atomic E-state index is 12.9. The predicted molar refractivity (Wildman–Crippen MR) is 251 cm³/mol. The highest BCUT2D eigenvalue weighted by Crippen LogP contribution is 2.27. The van der Waals surface area contributed by atoms with Crippen LogP contribution in [0, 0.1) is 11.3 Å². The van der Waals surface area contributed by atoms with E-state index in [4.69, 9.17) is 38.4 Å². The van der Waals surface area contributed by atoms with Gasteiger partial charge in [-0.05, 0) is 193 Å². The number of unbranched alkanes of at least 4 members (excludes halogenated alkanes) is 9. The highest BCUT2D eigenvalue weighted by molar-refractivity contribution is 5.98. The van der Waals surface area contributed by atoms with Crippen LogP contribution in [0.4, 0.5) is 11.4 Å². The molecule has 342 valence electrons. The Labute approximate surface area is 383 Å². The van der Waals surface area contributed by atoms with E-state index < -0.39 is 5.97 Å². The van der Waals surface area contributed by atoms with E-state index in [9.17, 15) is 9.59 Å². The number of esters is 1. The molecule has 0 aliphatic rings. The molecule has 0 unspecified atom stereocenters. The first kappa shape index (κ1) is 49.3. The molecule has 5 aromatic rings. The van der Waals surface area contributed by atoms with E-state index >= 15 is 0 Å². The molecule has 0 bridgehead atoms. The smallest absolute Gasteiger partial charge is 0.338 e. The van der Waals surface area contributed by atoms with Crippen LogP contribution in [0.3, 0.4) is 0 Å². The zero-order valence-corrected chi connectivity index (χ0v) is 37.7. The van der Waals surface area contributed by atoms with Crippen LogP contribution in [0.25, 0.3) is 0 Å². The van der Waals surface area contributed by atoms with Crippen molar-refractivity contribution in [1.29, 1.82) is 5.26 Å². The van der Waals surface area contributed by atoms with Gasteiger partial charge in [-0.25, -0.2) is 4.79 Å². The summed E-state index contributed by atoms with van der Waals surface area (Å²) in [7, 11) is 1.73. The van der Waals surface area contributed by atoms with Gasteiger partial charge in [0.15, 0.2) is 5.78 Å². The first-order valence-electron chi connectivity index (χ1n) is 22.6. The van der Waals surface area contributed by atoms with E-state index in [2.05, 4.69) is 16.3 Å². The minimum atomic E-state index is -0.475. The SMILES string of the molecule is COCCCCCCOc1ccc(Oc2ccc(OCCCCCCOC(=O)c3cc(OCCCCCCOc4ccc(/N=N/c5ccc(C#N)cc5)cc4)cc(C(C)=O)c3)cc2)cc1. The Hall–Kier alpha value is -6.71. The average molecular weight is 884 g/mol. The molecule has 0 saturated heterocycles. The summed E-state index contributed by atoms with van der Waals surface area (Å²) in [4.78, 5) is 25.2. The number of nitrogens with zero attached hydrogens (tertiary/aromatic N) is 3. The molecule has 0 atom stereocenters. The van der Waals surface area contributed by atoms with E-state index in [1.807, 2.05) is 72.8 Å². The van der Waals surface area contributed by atoms with E-state index in [1.54, 1.807) is 49.6 Å². The van der Waals surface area contributed by atoms with Crippen LogP contribution in [0.1, 0.15) is 110 Å². The molecule has 0 aromatic heterocycles. The first-order chi connectivity index (χ1) is 31.9. The third-order valence-electron chi connectivity index (χ3n) is 10.2. The molecule has 0 spiro atoms. The lowest BCUT2D eigenvalue weighted by molar-refractivity contribution is 0.0496. The summed E-state index contributed by atoms with van der Waals surface area (Å²) in [6.45, 7) is 4.90. The molecule has 0 aliphatic carbocycles. The summed E-state index contributed by atoms with van der Waals surface area (Å²) in [6.07, 6.45) is 11.4. The Kier molecular flexibility index (Phi) is 21.9. The van der Waals surface area contributed by atoms with Crippen molar-refractivity contribution in [2.45, 2.75) is 84.0 Å². The number of carbonyl (C=O) groups excluding carboxylic acids is 2. The van der Waals surface area contributed by atoms with Crippen LogP contribution in [0.5, 0.6) is 34.5 Å². The standard InChI is InChI=1S/C53H61N3O9/c1-41(57)43-37-44(39-52(38-43)63-35-13-6-5-11-32-60-47-21-19-46(20-22-47)56-55-45-17-15-42(40-54)16-18-45)53(58)64-36-14-8-7-12-34-62-49-25-29-51(30-26-49)65-50-27-23-48(24-28-50)61-33-10-4-3-9-31-59-2/h15-30,37-39H,3-14,31-36H2,1-2H3/b56-55+. The maximum absolute atomic E-state index is 12.9. The van der Waals surface area contributed by atoms with Crippen molar-refractivity contribution in [3.05, 3.63) is 132 Å². The average Bonchev–Trinajstić information content (AvgIpc) is 3.33. The second kappa shape index (κ2) is 28.9. The van der Waals surface area contributed by atoms with Crippen molar-refractivity contribution < 1.29 is 42.7 Å². The molecule has 0 amide bonds. The monoisotopic (exact) mass is 883 g/mol. The number of azo groups is 1. The number of ether oxygens (including phenoxy) is 7. The zero-order valence-electron chi connectivity index (χ0n) is 37.7. The molecule has 0 heterocycles. The molecule has 0 aliphatic heterocycles. The van der Waals surface area contributed by atoms with E-state index in [0.717, 1.165) is 112 Å². The summed E-state index contributed by atoms with van der Waals surface area (Å²) in [5.74, 6) is 3.68. The van der Waals surface area contributed by atoms with Crippen LogP contribution in [-0.4, -0.2) is 58.5 Å². The second-order valence-electron chi connectivity index (χ2n) is 15.5. The Morgan fingerprint density at radius 2 is 0.846 bits per heavy atom. The molecular formula is C53H61N3O9. The highest BCUT2D eigenvalue weighted by Gasteiger charge is 2.13. The van der Waals surface area contributed by atoms with Crippen molar-refractivity contribution in [3.63, 3.8) is 0 Å². The molecule has 5 aromatic carbocycles. The maximum Gasteiger partial charge on any atom is 0.338 e. The Morgan fingerprint density at radius 3 is 1.29 bits per heavy atom. The lowest BCUT2D eigenvalue weighted by atomic mass is 10.1. The summed E-state index contributed by atoms with van der Waals surface area (Å²) in [5.41, 5.74) is 2.67. The molecule has 0 N–H and O–H groups in total. The molecule has 0 radical (unpaired) electrons. The van der Waals surface area contributed by atoms with Crippen molar-refractivity contribution >= 4 is 23.1 Å². The van der Waals surface area contributed by atoms with Crippen LogP contribution in [0.2, 0.25) is 0 Å². The van der Waals surface area contributed by atoms with Crippen molar-refractivity contribution in [2.24, 2.45) is 10.2 Å². The number of ketones is 1. The summed E-state index contributed by atoms with van der Waals surface area (Å²) < 4.78 is 40.2. The van der Waals surface area contributed by atoms with Crippen LogP contribution in [0.15, 0.2) is 125 Å². The van der Waals surface area contributed by atoms with Gasteiger partial charge in [0, 0.05) is 19.3 Å². The van der Waals surface area contributed by atoms with Crippen LogP contribution >= 0.6 is 0 Å². The molecule has 65 heavy (non-hydrogen) atoms. The fourth-order valence-corrected chi connectivity index (χ4v) is 6.50. The molecular weight excluding hydrogens is 823 g/mol. The van der Waals surface area contributed by atoms with Gasteiger partial charge in [-0.1, -0.05) is 6.42 Å². The summed E-state index contributed by atoms with van der Waals surface area (Å²) in [6, 6.07) is 36.5. The van der Waals surface area contributed by atoms with E-state index in [-0.39, 0.29) is 12.4 Å². The Balaban J connectivity index is 0.887. The largest absolute Gasteiger partial charge is 0.494 e. The van der Waals surface area contributed by atoms with Gasteiger partial charge in [0.1, 0.15) is 34.5 Å². The van der Waals surface area contributed by atoms with Gasteiger partial charge in [-0.15, -0.1) is 0 Å². The lowest BCUT2D eigenvalue weighted by Gasteiger charge is -2.11. The molecule has 0 fully saturated rings. The van der Waals surface area contributed by atoms with Gasteiger partial charge in [0.25, 0.3) is 0 Å². The van der Waals surface area contributed by atoms with Crippen LogP contribution in [-0.2, 0) is 9.47 Å². The van der Waals surface area contributed by atoms with Gasteiger partial charge in [0.05, 0.1) is 61.6 Å². The van der Waals surface area contributed by atoms with Crippen molar-refractivity contribution in [1.82, 2.24) is 0 Å². The number of benzene rings is 5. The van der Waals surface area contributed by atoms with E-state index in [1.165, 1.54) is 6.92 Å². The number of nitriles is 1. The van der Waals surface area contributed by atoms with Gasteiger partial charge in [-0.2, -0.15) is 15.5 Å². The normalized spacial score (nSPS) is 10.9. The number of carbonyl (C=O) groups is 2. The number of hydrogen-bond donors (Lipinski definition) is 0. The fourth-order valence-electron chi connectivity index (χ4n) is 6.50. The topological polar surface area (TPSA) is 147 Å². The minimum absolute atomic E-state index is 0.152. The summed E-state index contributed by atoms with van der Waals surface area (Å²) in [5, 5.41) is 17.4. The van der Waals surface area contributed by atoms with Gasteiger partial charge in [-0.3, -0.25) is 4.79 Å². The van der Waals surface area contributed by atoms with Crippen molar-refractivity contribution in [2.75, 3.05) is 46.8 Å². The number of Topliss-reactive ketones (excluding diaryl/α,β-unsaturated/α-hetero) is 1. The lowest BCUT2D eigenvalue weighted by Crippen LogP contribution is -2.09. The third kappa shape index (κ3) is 19.3. The number of methoxy groups -OCH3 is 1. The third-order valence-corrected chi connectivity index (χ3v) is 10.2. The molecule has 0 saturated carbocycles. The van der Waals surface area contributed by atoms with Crippen LogP contribution < -0.4 is 23.7 Å². The molecule has 12 heteroatoms. The highest BCUT2D eigenvalue weighted by atomic mass is 16.5. The second-order valence-corrected chi connectivity index (χ2v) is 15.5. The first-order valence-corrected chi connectivity index (χ1v) is 22.6. The van der Waals surface area contributed by atoms with Crippen molar-refractivity contribution in [3.8, 4) is 40.6 Å². The molecule has 5 rings (SSSR count). The predicted octanol–water partition coefficient (Wildman–Crippen LogP) is 13.4. The van der Waals surface area contributed by atoms with E-state index in [0.29, 0.717) is 60.2 Å². The number of hydrogen-bond acceptors (Lipinski definition) is 12. The Bertz CT molecular complexity index is 2220. The quantitative estimate of drug-likeness (QED) is 0.0182. The summed E-state index contributed by atoms with van der Waals surface area (Å²) >= 11 is 0. The number of rotatable bonds is 31. The van der Waals surface area contributed by atoms with Gasteiger partial charge < -0.3 is 33.2 Å². The zero-order chi connectivity index (χ0) is 45.7. The minimum Gasteiger partial charge on any atom is -0.494 e. The Morgan fingerprint density at radius 1 is 0.462 bits per heavy atom. The molecule has 12 nitrogen and oxygen atoms in total. The van der Waals surface area contributed by atoms with Gasteiger partial charge in [0.2, 0.25) is 0 Å². The fraction of sp³-hybridized carbons (Fsp3) is 0.377.